The Hall–Kier alpha value is -1.29. The van der Waals surface area contributed by atoms with Gasteiger partial charge in [0, 0.05) is 0 Å². The fourth-order valence-electron chi connectivity index (χ4n) is 0.698. The van der Waals surface area contributed by atoms with Crippen molar-refractivity contribution < 1.29 is 9.21 Å². The predicted octanol–water partition coefficient (Wildman–Crippen LogP) is 0.192. The number of amides is 1. The Bertz CT molecular complexity index is 242. The van der Waals surface area contributed by atoms with Gasteiger partial charge in [0.25, 0.3) is 5.91 Å². The average Bonchev–Trinajstić information content (AvgIpc) is 2.34. The summed E-state index contributed by atoms with van der Waals surface area (Å²) >= 11 is 0. The molecule has 0 atom stereocenters. The highest BCUT2D eigenvalue weighted by Crippen LogP contribution is 2.06. The zero-order valence-corrected chi connectivity index (χ0v) is 5.55. The van der Waals surface area contributed by atoms with Crippen LogP contribution in [0, 0.1) is 6.92 Å². The summed E-state index contributed by atoms with van der Waals surface area (Å²) in [5.74, 6) is 5.14. The third-order valence-corrected chi connectivity index (χ3v) is 1.23. The van der Waals surface area contributed by atoms with Crippen LogP contribution in [0.25, 0.3) is 0 Å². The fourth-order valence-corrected chi connectivity index (χ4v) is 0.698. The first-order valence-electron chi connectivity index (χ1n) is 2.80. The van der Waals surface area contributed by atoms with E-state index in [9.17, 15) is 4.79 Å². The van der Waals surface area contributed by atoms with E-state index in [0.29, 0.717) is 11.3 Å². The molecule has 54 valence electrons. The molecule has 0 saturated carbocycles. The maximum Gasteiger partial charge on any atom is 0.268 e. The van der Waals surface area contributed by atoms with E-state index < -0.39 is 0 Å². The Morgan fingerprint density at radius 1 is 1.80 bits per heavy atom. The Morgan fingerprint density at radius 3 is 2.90 bits per heavy atom. The number of carbonyl (C=O) groups is 1. The van der Waals surface area contributed by atoms with Gasteiger partial charge in [0.05, 0.1) is 11.8 Å². The van der Waals surface area contributed by atoms with Crippen molar-refractivity contribution in [3.63, 3.8) is 0 Å². The minimum atomic E-state index is -0.328. The van der Waals surface area contributed by atoms with Gasteiger partial charge in [-0.1, -0.05) is 0 Å². The Kier molecular flexibility index (Phi) is 1.73. The van der Waals surface area contributed by atoms with Crippen molar-refractivity contribution in [2.75, 3.05) is 0 Å². The van der Waals surface area contributed by atoms with Crippen LogP contribution in [0.1, 0.15) is 16.1 Å². The van der Waals surface area contributed by atoms with Crippen molar-refractivity contribution in [3.8, 4) is 0 Å². The summed E-state index contributed by atoms with van der Waals surface area (Å²) in [5.41, 5.74) is 2.48. The molecule has 1 amide bonds. The van der Waals surface area contributed by atoms with Crippen LogP contribution in [0.2, 0.25) is 0 Å². The number of nitrogen functional groups attached to an aromatic ring is 1. The van der Waals surface area contributed by atoms with Crippen LogP contribution >= 0.6 is 0 Å². The number of rotatable bonds is 1. The zero-order valence-electron chi connectivity index (χ0n) is 5.55. The summed E-state index contributed by atoms with van der Waals surface area (Å²) in [6.45, 7) is 1.70. The maximum atomic E-state index is 10.8. The molecule has 4 heteroatoms. The summed E-state index contributed by atoms with van der Waals surface area (Å²) in [7, 11) is 0. The molecule has 1 aromatic rings. The molecule has 0 aliphatic rings. The van der Waals surface area contributed by atoms with Crippen LogP contribution in [0.5, 0.6) is 0 Å². The van der Waals surface area contributed by atoms with Crippen molar-refractivity contribution >= 4 is 5.91 Å². The second-order valence-corrected chi connectivity index (χ2v) is 1.86. The van der Waals surface area contributed by atoms with Crippen LogP contribution < -0.4 is 11.3 Å². The lowest BCUT2D eigenvalue weighted by molar-refractivity contribution is 0.0952. The highest BCUT2D eigenvalue weighted by molar-refractivity contribution is 5.94. The van der Waals surface area contributed by atoms with Crippen LogP contribution in [-0.4, -0.2) is 5.91 Å². The fraction of sp³-hybridized carbons (Fsp3) is 0.167. The molecule has 0 saturated heterocycles. The lowest BCUT2D eigenvalue weighted by Gasteiger charge is -1.93. The largest absolute Gasteiger partial charge is 0.469 e. The van der Waals surface area contributed by atoms with Crippen molar-refractivity contribution in [1.82, 2.24) is 5.43 Å². The minimum Gasteiger partial charge on any atom is -0.469 e. The smallest absolute Gasteiger partial charge is 0.268 e. The molecule has 0 fully saturated rings. The quantitative estimate of drug-likeness (QED) is 0.332. The first kappa shape index (κ1) is 6.82. The molecule has 0 aromatic carbocycles. The van der Waals surface area contributed by atoms with E-state index in [4.69, 9.17) is 10.3 Å². The van der Waals surface area contributed by atoms with E-state index in [1.165, 1.54) is 6.26 Å². The number of hydrazine groups is 1. The lowest BCUT2D eigenvalue weighted by Crippen LogP contribution is -2.30. The summed E-state index contributed by atoms with van der Waals surface area (Å²) < 4.78 is 4.87. The van der Waals surface area contributed by atoms with E-state index in [1.54, 1.807) is 13.0 Å². The molecule has 0 aliphatic heterocycles. The van der Waals surface area contributed by atoms with Gasteiger partial charge in [-0.25, -0.2) is 5.84 Å². The number of nitrogens with two attached hydrogens (primary N) is 1. The second-order valence-electron chi connectivity index (χ2n) is 1.86. The Morgan fingerprint density at radius 2 is 2.50 bits per heavy atom. The molecule has 10 heavy (non-hydrogen) atoms. The van der Waals surface area contributed by atoms with Crippen molar-refractivity contribution in [3.05, 3.63) is 23.7 Å². The highest BCUT2D eigenvalue weighted by atomic mass is 16.3. The van der Waals surface area contributed by atoms with Gasteiger partial charge in [-0.3, -0.25) is 10.2 Å². The normalized spacial score (nSPS) is 9.40. The van der Waals surface area contributed by atoms with E-state index in [0.717, 1.165) is 0 Å². The first-order valence-corrected chi connectivity index (χ1v) is 2.80. The van der Waals surface area contributed by atoms with Crippen molar-refractivity contribution in [1.29, 1.82) is 0 Å². The lowest BCUT2D eigenvalue weighted by atomic mass is 10.2. The number of nitrogens with one attached hydrogen (secondary N) is 1. The summed E-state index contributed by atoms with van der Waals surface area (Å²) in [6.07, 6.45) is 1.44. The number of furan rings is 1. The van der Waals surface area contributed by atoms with Crippen LogP contribution in [-0.2, 0) is 0 Å². The third kappa shape index (κ3) is 1.01. The SMILES string of the molecule is Cc1occc1C(=O)NN. The number of hydrogen-bond donors (Lipinski definition) is 2. The molecule has 1 rings (SSSR count). The molecule has 0 unspecified atom stereocenters. The van der Waals surface area contributed by atoms with Gasteiger partial charge in [0.1, 0.15) is 5.76 Å². The molecular weight excluding hydrogens is 132 g/mol. The van der Waals surface area contributed by atoms with Crippen LogP contribution in [0.3, 0.4) is 0 Å². The van der Waals surface area contributed by atoms with E-state index in [-0.39, 0.29) is 5.91 Å². The van der Waals surface area contributed by atoms with E-state index >= 15 is 0 Å². The van der Waals surface area contributed by atoms with Crippen molar-refractivity contribution in [2.45, 2.75) is 6.92 Å². The average molecular weight is 140 g/mol. The van der Waals surface area contributed by atoms with Gasteiger partial charge in [0.2, 0.25) is 0 Å². The monoisotopic (exact) mass is 140 g/mol. The van der Waals surface area contributed by atoms with Gasteiger partial charge in [0.15, 0.2) is 0 Å². The van der Waals surface area contributed by atoms with Crippen molar-refractivity contribution in [2.24, 2.45) is 5.84 Å². The molecule has 3 N–H and O–H groups in total. The van der Waals surface area contributed by atoms with Gasteiger partial charge in [-0.15, -0.1) is 0 Å². The standard InChI is InChI=1S/C6H8N2O2/c1-4-5(2-3-10-4)6(9)8-7/h2-3H,7H2,1H3,(H,8,9). The topological polar surface area (TPSA) is 68.3 Å². The van der Waals surface area contributed by atoms with Gasteiger partial charge in [-0.2, -0.15) is 0 Å². The van der Waals surface area contributed by atoms with Gasteiger partial charge >= 0.3 is 0 Å². The highest BCUT2D eigenvalue weighted by Gasteiger charge is 2.08. The maximum absolute atomic E-state index is 10.8. The molecule has 1 aromatic heterocycles. The number of hydrogen-bond acceptors (Lipinski definition) is 3. The molecular formula is C6H8N2O2. The minimum absolute atomic E-state index is 0.328. The molecule has 0 aliphatic carbocycles. The summed E-state index contributed by atoms with van der Waals surface area (Å²) in [5, 5.41) is 0. The predicted molar refractivity (Wildman–Crippen MR) is 35.1 cm³/mol. The van der Waals surface area contributed by atoms with Crippen LogP contribution in [0.4, 0.5) is 0 Å². The first-order chi connectivity index (χ1) is 4.75. The number of carbonyl (C=O) groups excluding carboxylic acids is 1. The second kappa shape index (κ2) is 2.53. The molecule has 4 nitrogen and oxygen atoms in total. The molecule has 0 spiro atoms. The van der Waals surface area contributed by atoms with Gasteiger partial charge in [-0.05, 0) is 13.0 Å². The summed E-state index contributed by atoms with van der Waals surface area (Å²) in [4.78, 5) is 10.8. The molecule has 1 heterocycles. The molecule has 0 radical (unpaired) electrons. The molecule has 0 bridgehead atoms. The van der Waals surface area contributed by atoms with Crippen LogP contribution in [0.15, 0.2) is 16.7 Å². The Balaban J connectivity index is 2.93. The number of aryl methyl sites for hydroxylation is 1. The van der Waals surface area contributed by atoms with E-state index in [2.05, 4.69) is 0 Å². The van der Waals surface area contributed by atoms with E-state index in [1.807, 2.05) is 5.43 Å². The van der Waals surface area contributed by atoms with Gasteiger partial charge < -0.3 is 4.42 Å². The third-order valence-electron chi connectivity index (χ3n) is 1.23. The Labute approximate surface area is 58.0 Å². The zero-order chi connectivity index (χ0) is 7.56. The summed E-state index contributed by atoms with van der Waals surface area (Å²) in [6, 6.07) is 1.57.